The molecule has 0 saturated carbocycles. The van der Waals surface area contributed by atoms with Crippen LogP contribution in [0.5, 0.6) is 0 Å². The summed E-state index contributed by atoms with van der Waals surface area (Å²) in [5.74, 6) is 0. The van der Waals surface area contributed by atoms with Crippen LogP contribution in [0.2, 0.25) is 0 Å². The zero-order valence-corrected chi connectivity index (χ0v) is 10.7. The van der Waals surface area contributed by atoms with Gasteiger partial charge in [0.05, 0.1) is 5.67 Å². The summed E-state index contributed by atoms with van der Waals surface area (Å²) in [6.07, 6.45) is 3.08. The van der Waals surface area contributed by atoms with E-state index < -0.39 is 8.80 Å². The topological polar surface area (TPSA) is 88.7 Å². The maximum atomic E-state index is 5.96. The zero-order chi connectivity index (χ0) is 10.3. The summed E-state index contributed by atoms with van der Waals surface area (Å²) in [5.41, 5.74) is 5.84. The van der Waals surface area contributed by atoms with Gasteiger partial charge in [-0.3, -0.25) is 0 Å². The average molecular weight is 224 g/mol. The number of hydrogen-bond acceptors (Lipinski definition) is 5. The lowest BCUT2D eigenvalue weighted by Crippen LogP contribution is -2.58. The summed E-state index contributed by atoms with van der Waals surface area (Å²) in [6, 6.07) is 0. The van der Waals surface area contributed by atoms with Crippen LogP contribution < -0.4 is 11.9 Å². The van der Waals surface area contributed by atoms with Crippen molar-refractivity contribution in [1.29, 1.82) is 0 Å². The van der Waals surface area contributed by atoms with E-state index in [9.17, 15) is 0 Å². The maximum absolute atomic E-state index is 5.96. The van der Waals surface area contributed by atoms with Gasteiger partial charge < -0.3 is 25.2 Å². The lowest BCUT2D eigenvalue weighted by Gasteiger charge is -2.29. The van der Waals surface area contributed by atoms with Crippen molar-refractivity contribution in [1.82, 2.24) is 6.15 Å². The van der Waals surface area contributed by atoms with Crippen molar-refractivity contribution in [3.05, 3.63) is 0 Å². The third-order valence-electron chi connectivity index (χ3n) is 2.18. The van der Waals surface area contributed by atoms with Crippen LogP contribution in [0, 0.1) is 0 Å². The molecule has 0 rings (SSSR count). The molecular weight excluding hydrogens is 200 g/mol. The molecule has 0 bridgehead atoms. The van der Waals surface area contributed by atoms with E-state index in [4.69, 9.17) is 19.0 Å². The van der Waals surface area contributed by atoms with Crippen molar-refractivity contribution >= 4 is 8.80 Å². The Kier molecular flexibility index (Phi) is 9.79. The van der Waals surface area contributed by atoms with E-state index in [-0.39, 0.29) is 11.8 Å². The molecule has 0 aromatic carbocycles. The van der Waals surface area contributed by atoms with Gasteiger partial charge in [-0.2, -0.15) is 0 Å². The van der Waals surface area contributed by atoms with Crippen LogP contribution in [-0.2, 0) is 13.3 Å². The van der Waals surface area contributed by atoms with E-state index in [0.717, 1.165) is 19.3 Å². The van der Waals surface area contributed by atoms with Crippen molar-refractivity contribution in [3.63, 3.8) is 0 Å². The molecule has 5 nitrogen and oxygen atoms in total. The highest BCUT2D eigenvalue weighted by Gasteiger charge is 2.44. The van der Waals surface area contributed by atoms with E-state index in [0.29, 0.717) is 0 Å². The average Bonchev–Trinajstić information content (AvgIpc) is 2.18. The first-order chi connectivity index (χ1) is 6.16. The fourth-order valence-corrected chi connectivity index (χ4v) is 3.27. The third-order valence-corrected chi connectivity index (χ3v) is 5.08. The second-order valence-corrected chi connectivity index (χ2v) is 6.14. The first-order valence-electron chi connectivity index (χ1n) is 4.57. The number of rotatable bonds is 7. The molecule has 1 atom stereocenters. The number of nitrogens with two attached hydrogens (primary N) is 1. The summed E-state index contributed by atoms with van der Waals surface area (Å²) in [6.45, 7) is 2.13. The molecule has 0 aromatic heterocycles. The molecular formula is C8H24N2O3Si. The van der Waals surface area contributed by atoms with Gasteiger partial charge in [0.1, 0.15) is 0 Å². The van der Waals surface area contributed by atoms with Crippen LogP contribution in [0.3, 0.4) is 0 Å². The van der Waals surface area contributed by atoms with Crippen LogP contribution in [0.4, 0.5) is 0 Å². The van der Waals surface area contributed by atoms with Crippen molar-refractivity contribution < 1.29 is 13.3 Å². The number of unbranched alkanes of at least 4 members (excludes halogenated alkanes) is 1. The van der Waals surface area contributed by atoms with Gasteiger partial charge in [-0.25, -0.2) is 0 Å². The number of hydrogen-bond donors (Lipinski definition) is 2. The lowest BCUT2D eigenvalue weighted by atomic mass is 10.2. The molecule has 0 radical (unpaired) electrons. The van der Waals surface area contributed by atoms with Crippen LogP contribution in [0.25, 0.3) is 0 Å². The Hall–Kier alpha value is 0.0169. The highest BCUT2D eigenvalue weighted by molar-refractivity contribution is 6.62. The second kappa shape index (κ2) is 8.34. The van der Waals surface area contributed by atoms with Crippen molar-refractivity contribution in [3.8, 4) is 0 Å². The Labute approximate surface area is 87.9 Å². The largest absolute Gasteiger partial charge is 0.517 e. The molecule has 14 heavy (non-hydrogen) atoms. The highest BCUT2D eigenvalue weighted by atomic mass is 28.4. The van der Waals surface area contributed by atoms with Gasteiger partial charge in [0.25, 0.3) is 0 Å². The van der Waals surface area contributed by atoms with E-state index >= 15 is 0 Å². The van der Waals surface area contributed by atoms with Gasteiger partial charge in [0.15, 0.2) is 0 Å². The van der Waals surface area contributed by atoms with E-state index in [1.807, 2.05) is 0 Å². The van der Waals surface area contributed by atoms with Gasteiger partial charge in [-0.15, -0.1) is 0 Å². The summed E-state index contributed by atoms with van der Waals surface area (Å²) >= 11 is 0. The van der Waals surface area contributed by atoms with Crippen LogP contribution >= 0.6 is 0 Å². The molecule has 0 aliphatic rings. The Bertz CT molecular complexity index is 125. The summed E-state index contributed by atoms with van der Waals surface area (Å²) in [4.78, 5) is 0. The summed E-state index contributed by atoms with van der Waals surface area (Å²) in [7, 11) is 2.18. The SMILES string of the molecule is CCCCC(N)[Si](OC)(OC)OC.N. The monoisotopic (exact) mass is 224 g/mol. The van der Waals surface area contributed by atoms with Gasteiger partial charge in [0.2, 0.25) is 0 Å². The minimum absolute atomic E-state index is 0. The quantitative estimate of drug-likeness (QED) is 0.632. The second-order valence-electron chi connectivity index (χ2n) is 2.96. The normalized spacial score (nSPS) is 13.5. The molecule has 0 spiro atoms. The molecule has 0 heterocycles. The molecule has 0 aliphatic carbocycles. The molecule has 1 unspecified atom stereocenters. The Morgan fingerprint density at radius 1 is 1.14 bits per heavy atom. The minimum atomic E-state index is -2.58. The van der Waals surface area contributed by atoms with Crippen molar-refractivity contribution in [2.24, 2.45) is 5.73 Å². The van der Waals surface area contributed by atoms with Crippen molar-refractivity contribution in [2.75, 3.05) is 21.3 Å². The Morgan fingerprint density at radius 2 is 1.57 bits per heavy atom. The molecule has 0 aliphatic heterocycles. The van der Waals surface area contributed by atoms with Gasteiger partial charge in [-0.1, -0.05) is 19.8 Å². The fourth-order valence-electron chi connectivity index (χ4n) is 1.30. The predicted octanol–water partition coefficient (Wildman–Crippen LogP) is 1.08. The van der Waals surface area contributed by atoms with E-state index in [1.54, 1.807) is 21.3 Å². The fraction of sp³-hybridized carbons (Fsp3) is 1.00. The lowest BCUT2D eigenvalue weighted by molar-refractivity contribution is 0.111. The first-order valence-corrected chi connectivity index (χ1v) is 6.38. The Balaban J connectivity index is 0. The third kappa shape index (κ3) is 4.03. The zero-order valence-electron chi connectivity index (χ0n) is 9.71. The van der Waals surface area contributed by atoms with E-state index in [2.05, 4.69) is 6.92 Å². The minimum Gasteiger partial charge on any atom is -0.376 e. The van der Waals surface area contributed by atoms with Gasteiger partial charge in [-0.05, 0) is 6.42 Å². The van der Waals surface area contributed by atoms with Gasteiger partial charge >= 0.3 is 8.80 Å². The smallest absolute Gasteiger partial charge is 0.376 e. The molecule has 0 saturated heterocycles. The predicted molar refractivity (Wildman–Crippen MR) is 59.3 cm³/mol. The van der Waals surface area contributed by atoms with E-state index in [1.165, 1.54) is 0 Å². The van der Waals surface area contributed by atoms with Gasteiger partial charge in [0, 0.05) is 21.3 Å². The molecule has 6 heteroatoms. The molecule has 0 amide bonds. The first kappa shape index (κ1) is 16.4. The summed E-state index contributed by atoms with van der Waals surface area (Å²) < 4.78 is 15.8. The molecule has 5 N–H and O–H groups in total. The van der Waals surface area contributed by atoms with Crippen LogP contribution in [0.15, 0.2) is 0 Å². The summed E-state index contributed by atoms with van der Waals surface area (Å²) in [5, 5.41) is 0. The molecule has 0 aromatic rings. The maximum Gasteiger partial charge on any atom is 0.517 e. The Morgan fingerprint density at radius 3 is 1.86 bits per heavy atom. The molecule has 88 valence electrons. The van der Waals surface area contributed by atoms with Crippen LogP contribution in [-0.4, -0.2) is 35.8 Å². The molecule has 0 fully saturated rings. The highest BCUT2D eigenvalue weighted by Crippen LogP contribution is 2.14. The van der Waals surface area contributed by atoms with Crippen molar-refractivity contribution in [2.45, 2.75) is 31.9 Å². The standard InChI is InChI=1S/C8H21NO3Si.H3N/c1-5-6-7-8(9)13(10-2,11-3)12-4;/h8H,5-7,9H2,1-4H3;1H3. The van der Waals surface area contributed by atoms with Crippen LogP contribution in [0.1, 0.15) is 26.2 Å².